The van der Waals surface area contributed by atoms with Gasteiger partial charge in [-0.15, -0.1) is 0 Å². The molecule has 2 fully saturated rings. The van der Waals surface area contributed by atoms with Crippen molar-refractivity contribution in [3.05, 3.63) is 60.2 Å². The highest BCUT2D eigenvalue weighted by molar-refractivity contribution is 6.01. The summed E-state index contributed by atoms with van der Waals surface area (Å²) in [5.74, 6) is 0.741. The molecule has 1 heterocycles. The van der Waals surface area contributed by atoms with Crippen molar-refractivity contribution in [2.24, 2.45) is 11.7 Å². The molecule has 3 atom stereocenters. The fourth-order valence-electron chi connectivity index (χ4n) is 4.39. The minimum atomic E-state index is 0.145. The van der Waals surface area contributed by atoms with E-state index in [2.05, 4.69) is 17.0 Å². The Labute approximate surface area is 137 Å². The quantitative estimate of drug-likeness (QED) is 0.945. The second-order valence-electron chi connectivity index (χ2n) is 6.65. The molecule has 1 amide bonds. The van der Waals surface area contributed by atoms with E-state index in [1.54, 1.807) is 0 Å². The summed E-state index contributed by atoms with van der Waals surface area (Å²) < 4.78 is 0. The second kappa shape index (κ2) is 5.82. The van der Waals surface area contributed by atoms with Crippen LogP contribution in [0.4, 0.5) is 0 Å². The molecular weight excluding hydrogens is 284 g/mol. The summed E-state index contributed by atoms with van der Waals surface area (Å²) in [6.07, 6.45) is 3.47. The Morgan fingerprint density at radius 2 is 1.78 bits per heavy atom. The molecule has 0 unspecified atom stereocenters. The fourth-order valence-corrected chi connectivity index (χ4v) is 4.39. The van der Waals surface area contributed by atoms with Crippen LogP contribution in [0.2, 0.25) is 0 Å². The number of carbonyl (C=O) groups is 1. The zero-order valence-electron chi connectivity index (χ0n) is 13.2. The number of rotatable bonds is 3. The van der Waals surface area contributed by atoms with Crippen molar-refractivity contribution in [1.29, 1.82) is 0 Å². The maximum atomic E-state index is 13.3. The summed E-state index contributed by atoms with van der Waals surface area (Å²) in [6.45, 7) is 0.570. The first-order chi connectivity index (χ1) is 11.3. The summed E-state index contributed by atoms with van der Waals surface area (Å²) >= 11 is 0. The van der Waals surface area contributed by atoms with Crippen LogP contribution in [0.1, 0.15) is 29.6 Å². The molecule has 118 valence electrons. The van der Waals surface area contributed by atoms with Crippen LogP contribution in [0.15, 0.2) is 54.6 Å². The first-order valence-electron chi connectivity index (χ1n) is 8.46. The van der Waals surface area contributed by atoms with Crippen LogP contribution in [0.3, 0.4) is 0 Å². The van der Waals surface area contributed by atoms with Gasteiger partial charge in [-0.25, -0.2) is 0 Å². The van der Waals surface area contributed by atoms with E-state index in [0.717, 1.165) is 29.5 Å². The zero-order chi connectivity index (χ0) is 15.8. The summed E-state index contributed by atoms with van der Waals surface area (Å²) in [5, 5.41) is 0. The lowest BCUT2D eigenvalue weighted by molar-refractivity contribution is 0.0603. The molecule has 2 bridgehead atoms. The van der Waals surface area contributed by atoms with Crippen LogP contribution in [-0.4, -0.2) is 29.4 Å². The zero-order valence-corrected chi connectivity index (χ0v) is 13.2. The largest absolute Gasteiger partial charge is 0.331 e. The van der Waals surface area contributed by atoms with Gasteiger partial charge in [0.15, 0.2) is 0 Å². The van der Waals surface area contributed by atoms with E-state index in [9.17, 15) is 4.79 Å². The van der Waals surface area contributed by atoms with Gasteiger partial charge in [-0.1, -0.05) is 48.5 Å². The molecule has 2 aromatic carbocycles. The van der Waals surface area contributed by atoms with Crippen LogP contribution >= 0.6 is 0 Å². The molecule has 0 radical (unpaired) electrons. The SMILES string of the molecule is NC[C@@H]1[C@H]2CC[C@H](C2)N1C(=O)c1ccccc1-c1ccccc1. The van der Waals surface area contributed by atoms with Gasteiger partial charge < -0.3 is 10.6 Å². The van der Waals surface area contributed by atoms with Crippen LogP contribution < -0.4 is 5.73 Å². The Hall–Kier alpha value is -2.13. The Balaban J connectivity index is 1.73. The number of benzene rings is 2. The molecule has 1 saturated carbocycles. The standard InChI is InChI=1S/C20H22N2O/c21-13-19-15-10-11-16(12-15)22(19)20(23)18-9-5-4-8-17(18)14-6-2-1-3-7-14/h1-9,15-16,19H,10-13,21H2/t15-,16+,19+/m0/s1. The van der Waals surface area contributed by atoms with Gasteiger partial charge in [0.2, 0.25) is 0 Å². The molecule has 3 heteroatoms. The predicted octanol–water partition coefficient (Wildman–Crippen LogP) is 3.31. The molecule has 2 aliphatic rings. The van der Waals surface area contributed by atoms with E-state index < -0.39 is 0 Å². The van der Waals surface area contributed by atoms with E-state index in [-0.39, 0.29) is 11.9 Å². The number of fused-ring (bicyclic) bond motifs is 2. The van der Waals surface area contributed by atoms with E-state index in [1.807, 2.05) is 42.5 Å². The van der Waals surface area contributed by atoms with Crippen molar-refractivity contribution in [1.82, 2.24) is 4.90 Å². The third-order valence-electron chi connectivity index (χ3n) is 5.46. The summed E-state index contributed by atoms with van der Waals surface area (Å²) in [6, 6.07) is 18.7. The van der Waals surface area contributed by atoms with Crippen LogP contribution in [0, 0.1) is 5.92 Å². The van der Waals surface area contributed by atoms with Gasteiger partial charge in [0.1, 0.15) is 0 Å². The van der Waals surface area contributed by atoms with Gasteiger partial charge in [-0.05, 0) is 42.4 Å². The van der Waals surface area contributed by atoms with E-state index in [4.69, 9.17) is 5.73 Å². The predicted molar refractivity (Wildman–Crippen MR) is 92.0 cm³/mol. The highest BCUT2D eigenvalue weighted by atomic mass is 16.2. The molecular formula is C20H22N2O. The van der Waals surface area contributed by atoms with Crippen LogP contribution in [-0.2, 0) is 0 Å². The minimum Gasteiger partial charge on any atom is -0.331 e. The fraction of sp³-hybridized carbons (Fsp3) is 0.350. The number of nitrogens with zero attached hydrogens (tertiary/aromatic N) is 1. The summed E-state index contributed by atoms with van der Waals surface area (Å²) in [5.41, 5.74) is 8.88. The molecule has 0 aromatic heterocycles. The van der Waals surface area contributed by atoms with Gasteiger partial charge in [-0.2, -0.15) is 0 Å². The first-order valence-corrected chi connectivity index (χ1v) is 8.46. The molecule has 23 heavy (non-hydrogen) atoms. The van der Waals surface area contributed by atoms with Gasteiger partial charge in [0.05, 0.1) is 0 Å². The van der Waals surface area contributed by atoms with E-state index >= 15 is 0 Å². The minimum absolute atomic E-state index is 0.145. The number of hydrogen-bond acceptors (Lipinski definition) is 2. The number of hydrogen-bond donors (Lipinski definition) is 1. The van der Waals surface area contributed by atoms with Crippen molar-refractivity contribution in [3.8, 4) is 11.1 Å². The molecule has 1 aliphatic heterocycles. The molecule has 4 rings (SSSR count). The Morgan fingerprint density at radius 1 is 1.04 bits per heavy atom. The number of nitrogens with two attached hydrogens (primary N) is 1. The number of piperidine rings is 1. The number of amides is 1. The van der Waals surface area contributed by atoms with Crippen molar-refractivity contribution in [2.75, 3.05) is 6.54 Å². The molecule has 1 aliphatic carbocycles. The number of likely N-dealkylation sites (tertiary alicyclic amines) is 1. The van der Waals surface area contributed by atoms with Crippen molar-refractivity contribution in [3.63, 3.8) is 0 Å². The normalized spacial score (nSPS) is 25.8. The van der Waals surface area contributed by atoms with Gasteiger partial charge in [-0.3, -0.25) is 4.79 Å². The van der Waals surface area contributed by atoms with Gasteiger partial charge in [0.25, 0.3) is 5.91 Å². The highest BCUT2D eigenvalue weighted by Gasteiger charge is 2.47. The van der Waals surface area contributed by atoms with Gasteiger partial charge in [0, 0.05) is 24.2 Å². The van der Waals surface area contributed by atoms with Crippen molar-refractivity contribution >= 4 is 5.91 Å². The Bertz CT molecular complexity index is 713. The molecule has 2 aromatic rings. The molecule has 1 saturated heterocycles. The lowest BCUT2D eigenvalue weighted by Gasteiger charge is -2.35. The van der Waals surface area contributed by atoms with E-state index in [1.165, 1.54) is 6.42 Å². The van der Waals surface area contributed by atoms with E-state index in [0.29, 0.717) is 18.5 Å². The topological polar surface area (TPSA) is 46.3 Å². The molecule has 3 nitrogen and oxygen atoms in total. The highest BCUT2D eigenvalue weighted by Crippen LogP contribution is 2.43. The third-order valence-corrected chi connectivity index (χ3v) is 5.46. The maximum absolute atomic E-state index is 13.3. The summed E-state index contributed by atoms with van der Waals surface area (Å²) in [7, 11) is 0. The third kappa shape index (κ3) is 2.36. The average molecular weight is 306 g/mol. The smallest absolute Gasteiger partial charge is 0.255 e. The number of carbonyl (C=O) groups excluding carboxylic acids is 1. The summed E-state index contributed by atoms with van der Waals surface area (Å²) in [4.78, 5) is 15.3. The van der Waals surface area contributed by atoms with Crippen LogP contribution in [0.5, 0.6) is 0 Å². The van der Waals surface area contributed by atoms with Gasteiger partial charge >= 0.3 is 0 Å². The molecule has 0 spiro atoms. The average Bonchev–Trinajstić information content (AvgIpc) is 3.23. The Kier molecular flexibility index (Phi) is 3.66. The monoisotopic (exact) mass is 306 g/mol. The second-order valence-corrected chi connectivity index (χ2v) is 6.65. The molecule has 2 N–H and O–H groups in total. The Morgan fingerprint density at radius 3 is 2.57 bits per heavy atom. The maximum Gasteiger partial charge on any atom is 0.255 e. The first kappa shape index (κ1) is 14.5. The lowest BCUT2D eigenvalue weighted by Crippen LogP contribution is -2.48. The lowest BCUT2D eigenvalue weighted by atomic mass is 9.95. The van der Waals surface area contributed by atoms with Crippen molar-refractivity contribution < 1.29 is 4.79 Å². The van der Waals surface area contributed by atoms with Crippen LogP contribution in [0.25, 0.3) is 11.1 Å². The van der Waals surface area contributed by atoms with Crippen molar-refractivity contribution in [2.45, 2.75) is 31.3 Å².